The van der Waals surface area contributed by atoms with Gasteiger partial charge >= 0.3 is 0 Å². The molecule has 4 rings (SSSR count). The maximum atomic E-state index is 3.67. The van der Waals surface area contributed by atoms with Crippen molar-refractivity contribution in [3.05, 3.63) is 65.4 Å². The summed E-state index contributed by atoms with van der Waals surface area (Å²) in [6.45, 7) is 2.13. The molecule has 0 atom stereocenters. The van der Waals surface area contributed by atoms with Crippen molar-refractivity contribution in [2.45, 2.75) is 26.2 Å². The predicted molar refractivity (Wildman–Crippen MR) is 87.0 cm³/mol. The molecule has 3 aromatic rings. The van der Waals surface area contributed by atoms with E-state index in [-0.39, 0.29) is 12.4 Å². The molecule has 2 N–H and O–H groups in total. The van der Waals surface area contributed by atoms with Gasteiger partial charge in [0.2, 0.25) is 5.52 Å². The molecule has 112 valence electrons. The first-order valence-corrected chi connectivity index (χ1v) is 7.61. The SMILES string of the molecule is Cc1cccc(Nc2c3c([nH+]c4ccccc24)CCC3)c1.[Cl-]. The lowest BCUT2D eigenvalue weighted by atomic mass is 10.1. The van der Waals surface area contributed by atoms with Crippen molar-refractivity contribution in [3.63, 3.8) is 0 Å². The van der Waals surface area contributed by atoms with Gasteiger partial charge in [-0.05, 0) is 43.5 Å². The molecule has 3 heteroatoms. The molecule has 1 heterocycles. The van der Waals surface area contributed by atoms with Gasteiger partial charge in [0.05, 0.1) is 11.1 Å². The van der Waals surface area contributed by atoms with E-state index >= 15 is 0 Å². The molecule has 22 heavy (non-hydrogen) atoms. The standard InChI is InChI=1S/C19H18N2.ClH/c1-13-6-4-7-14(12-13)20-19-15-8-2-3-10-17(15)21-18-11-5-9-16(18)19;/h2-4,6-8,10,12H,5,9,11H2,1H3,(H,20,21);1H. The Hall–Kier alpha value is -2.06. The fourth-order valence-electron chi connectivity index (χ4n) is 3.30. The molecule has 2 aromatic carbocycles. The van der Waals surface area contributed by atoms with E-state index in [0.29, 0.717) is 0 Å². The third kappa shape index (κ3) is 2.55. The fraction of sp³-hybridized carbons (Fsp3) is 0.211. The highest BCUT2D eigenvalue weighted by Crippen LogP contribution is 2.34. The number of hydrogen-bond acceptors (Lipinski definition) is 1. The van der Waals surface area contributed by atoms with Gasteiger partial charge in [-0.25, -0.2) is 4.98 Å². The first-order valence-electron chi connectivity index (χ1n) is 7.61. The van der Waals surface area contributed by atoms with Crippen LogP contribution in [0.4, 0.5) is 11.4 Å². The molecule has 0 spiro atoms. The summed E-state index contributed by atoms with van der Waals surface area (Å²) < 4.78 is 0. The number of anilines is 2. The molecule has 1 aromatic heterocycles. The third-order valence-corrected chi connectivity index (χ3v) is 4.29. The van der Waals surface area contributed by atoms with Crippen LogP contribution in [0, 0.1) is 6.92 Å². The van der Waals surface area contributed by atoms with Crippen LogP contribution in [0.2, 0.25) is 0 Å². The Morgan fingerprint density at radius 3 is 2.73 bits per heavy atom. The van der Waals surface area contributed by atoms with Crippen molar-refractivity contribution in [1.82, 2.24) is 0 Å². The van der Waals surface area contributed by atoms with E-state index in [1.807, 2.05) is 0 Å². The summed E-state index contributed by atoms with van der Waals surface area (Å²) in [5, 5.41) is 4.95. The van der Waals surface area contributed by atoms with Crippen molar-refractivity contribution < 1.29 is 17.4 Å². The molecule has 0 saturated heterocycles. The van der Waals surface area contributed by atoms with E-state index in [4.69, 9.17) is 0 Å². The van der Waals surface area contributed by atoms with Crippen LogP contribution < -0.4 is 22.7 Å². The molecule has 0 amide bonds. The number of para-hydroxylation sites is 1. The Bertz CT molecular complexity index is 827. The molecule has 0 saturated carbocycles. The van der Waals surface area contributed by atoms with E-state index in [1.54, 1.807) is 0 Å². The van der Waals surface area contributed by atoms with Crippen LogP contribution in [0.1, 0.15) is 23.2 Å². The number of rotatable bonds is 2. The molecule has 0 unspecified atom stereocenters. The largest absolute Gasteiger partial charge is 1.00 e. The van der Waals surface area contributed by atoms with E-state index in [2.05, 4.69) is 65.8 Å². The number of aryl methyl sites for hydroxylation is 2. The molecular weight excluding hydrogens is 292 g/mol. The predicted octanol–water partition coefficient (Wildman–Crippen LogP) is 1.20. The Labute approximate surface area is 137 Å². The Kier molecular flexibility index (Phi) is 4.04. The summed E-state index contributed by atoms with van der Waals surface area (Å²) in [7, 11) is 0. The summed E-state index contributed by atoms with van der Waals surface area (Å²) in [5.74, 6) is 0. The normalized spacial score (nSPS) is 12.8. The van der Waals surface area contributed by atoms with Gasteiger partial charge in [-0.15, -0.1) is 0 Å². The highest BCUT2D eigenvalue weighted by atomic mass is 35.5. The monoisotopic (exact) mass is 310 g/mol. The highest BCUT2D eigenvalue weighted by Gasteiger charge is 2.24. The maximum Gasteiger partial charge on any atom is 0.213 e. The Balaban J connectivity index is 0.00000144. The van der Waals surface area contributed by atoms with Crippen molar-refractivity contribution in [1.29, 1.82) is 0 Å². The fourth-order valence-corrected chi connectivity index (χ4v) is 3.30. The second-order valence-corrected chi connectivity index (χ2v) is 5.85. The van der Waals surface area contributed by atoms with Gasteiger partial charge in [0.15, 0.2) is 5.69 Å². The second-order valence-electron chi connectivity index (χ2n) is 5.85. The van der Waals surface area contributed by atoms with Crippen molar-refractivity contribution >= 4 is 22.3 Å². The topological polar surface area (TPSA) is 26.2 Å². The van der Waals surface area contributed by atoms with Crippen LogP contribution >= 0.6 is 0 Å². The second kappa shape index (κ2) is 5.98. The van der Waals surface area contributed by atoms with Gasteiger partial charge in [0.25, 0.3) is 0 Å². The van der Waals surface area contributed by atoms with Crippen LogP contribution in [-0.4, -0.2) is 0 Å². The summed E-state index contributed by atoms with van der Waals surface area (Å²) in [5.41, 5.74) is 7.79. The first-order chi connectivity index (χ1) is 10.3. The van der Waals surface area contributed by atoms with Gasteiger partial charge in [-0.3, -0.25) is 0 Å². The van der Waals surface area contributed by atoms with Crippen molar-refractivity contribution in [2.24, 2.45) is 0 Å². The molecule has 2 nitrogen and oxygen atoms in total. The summed E-state index contributed by atoms with van der Waals surface area (Å²) in [6.07, 6.45) is 3.55. The quantitative estimate of drug-likeness (QED) is 0.756. The zero-order chi connectivity index (χ0) is 14.2. The number of fused-ring (bicyclic) bond motifs is 2. The van der Waals surface area contributed by atoms with E-state index in [1.165, 1.54) is 45.5 Å². The number of aromatic nitrogens is 1. The van der Waals surface area contributed by atoms with Gasteiger partial charge in [0, 0.05) is 23.7 Å². The zero-order valence-electron chi connectivity index (χ0n) is 12.6. The molecule has 0 bridgehead atoms. The molecule has 0 aliphatic heterocycles. The van der Waals surface area contributed by atoms with E-state index in [9.17, 15) is 0 Å². The lowest BCUT2D eigenvalue weighted by Gasteiger charge is -2.12. The van der Waals surface area contributed by atoms with Crippen LogP contribution in [0.3, 0.4) is 0 Å². The number of benzene rings is 2. The van der Waals surface area contributed by atoms with Gasteiger partial charge in [-0.2, -0.15) is 0 Å². The lowest BCUT2D eigenvalue weighted by molar-refractivity contribution is -0.356. The van der Waals surface area contributed by atoms with Gasteiger partial charge in [0.1, 0.15) is 0 Å². The molecule has 1 aliphatic rings. The third-order valence-electron chi connectivity index (χ3n) is 4.29. The number of halogens is 1. The van der Waals surface area contributed by atoms with Crippen LogP contribution in [0.15, 0.2) is 48.5 Å². The maximum absolute atomic E-state index is 3.67. The number of hydrogen-bond donors (Lipinski definition) is 1. The average molecular weight is 311 g/mol. The van der Waals surface area contributed by atoms with Crippen molar-refractivity contribution in [2.75, 3.05) is 5.32 Å². The summed E-state index contributed by atoms with van der Waals surface area (Å²) in [4.78, 5) is 3.60. The highest BCUT2D eigenvalue weighted by molar-refractivity contribution is 5.93. The minimum atomic E-state index is 0. The minimum Gasteiger partial charge on any atom is -1.00 e. The number of H-pyrrole nitrogens is 1. The summed E-state index contributed by atoms with van der Waals surface area (Å²) in [6, 6.07) is 17.1. The van der Waals surface area contributed by atoms with Crippen LogP contribution in [0.25, 0.3) is 10.9 Å². The van der Waals surface area contributed by atoms with Gasteiger partial charge in [-0.1, -0.05) is 24.3 Å². The summed E-state index contributed by atoms with van der Waals surface area (Å²) >= 11 is 0. The lowest BCUT2D eigenvalue weighted by Crippen LogP contribution is -3.00. The number of aromatic amines is 1. The molecule has 0 radical (unpaired) electrons. The first kappa shape index (κ1) is 14.9. The molecular formula is C19H19ClN2. The van der Waals surface area contributed by atoms with Gasteiger partial charge < -0.3 is 17.7 Å². The molecule has 0 fully saturated rings. The number of pyridine rings is 1. The van der Waals surface area contributed by atoms with Crippen LogP contribution in [-0.2, 0) is 12.8 Å². The van der Waals surface area contributed by atoms with E-state index < -0.39 is 0 Å². The molecule has 1 aliphatic carbocycles. The Morgan fingerprint density at radius 2 is 1.86 bits per heavy atom. The number of nitrogens with one attached hydrogen (secondary N) is 2. The zero-order valence-corrected chi connectivity index (χ0v) is 13.4. The average Bonchev–Trinajstić information content (AvgIpc) is 2.95. The Morgan fingerprint density at radius 1 is 1.00 bits per heavy atom. The van der Waals surface area contributed by atoms with Crippen LogP contribution in [0.5, 0.6) is 0 Å². The van der Waals surface area contributed by atoms with E-state index in [0.717, 1.165) is 12.8 Å². The smallest absolute Gasteiger partial charge is 0.213 e. The van der Waals surface area contributed by atoms with Crippen molar-refractivity contribution in [3.8, 4) is 0 Å². The minimum absolute atomic E-state index is 0.